The average molecular weight is 240 g/mol. The van der Waals surface area contributed by atoms with Crippen molar-refractivity contribution in [2.45, 2.75) is 39.5 Å². The normalized spacial score (nSPS) is 13.7. The second-order valence-electron chi connectivity index (χ2n) is 4.47. The molecule has 94 valence electrons. The van der Waals surface area contributed by atoms with Crippen LogP contribution in [0.25, 0.3) is 11.3 Å². The third-order valence-corrected chi connectivity index (χ3v) is 2.98. The van der Waals surface area contributed by atoms with Gasteiger partial charge in [-0.1, -0.05) is 37.6 Å². The molecule has 1 aliphatic carbocycles. The summed E-state index contributed by atoms with van der Waals surface area (Å²) < 4.78 is 0. The quantitative estimate of drug-likeness (QED) is 0.779. The summed E-state index contributed by atoms with van der Waals surface area (Å²) >= 11 is 0. The predicted octanol–water partition coefficient (Wildman–Crippen LogP) is 4.36. The molecule has 3 rings (SSSR count). The molecule has 1 heterocycles. The fourth-order valence-electron chi connectivity index (χ4n) is 1.88. The highest BCUT2D eigenvalue weighted by Gasteiger charge is 2.25. The molecule has 1 saturated carbocycles. The molecule has 0 N–H and O–H groups in total. The molecule has 1 fully saturated rings. The minimum Gasteiger partial charge on any atom is -0.257 e. The Labute approximate surface area is 109 Å². The maximum absolute atomic E-state index is 4.49. The Balaban J connectivity index is 0.000000574. The van der Waals surface area contributed by atoms with Crippen molar-refractivity contribution in [2.75, 3.05) is 0 Å². The maximum atomic E-state index is 4.49. The van der Waals surface area contributed by atoms with E-state index in [0.717, 1.165) is 17.0 Å². The van der Waals surface area contributed by atoms with E-state index in [1.54, 1.807) is 0 Å². The molecule has 2 heteroatoms. The monoisotopic (exact) mass is 240 g/mol. The summed E-state index contributed by atoms with van der Waals surface area (Å²) in [4.78, 5) is 8.97. The summed E-state index contributed by atoms with van der Waals surface area (Å²) in [6.45, 7) is 6.09. The standard InChI is InChI=1S/C14H14N2.C2H6/c1-10-3-2-4-12(7-10)14-9-15-13(8-16-14)11-5-6-11;1-2/h2-4,7-9,11H,5-6H2,1H3;1-2H3. The molecule has 1 aromatic carbocycles. The Morgan fingerprint density at radius 2 is 1.83 bits per heavy atom. The van der Waals surface area contributed by atoms with Crippen LogP contribution in [0.2, 0.25) is 0 Å². The van der Waals surface area contributed by atoms with Crippen LogP contribution in [-0.2, 0) is 0 Å². The predicted molar refractivity (Wildman–Crippen MR) is 75.5 cm³/mol. The van der Waals surface area contributed by atoms with Crippen molar-refractivity contribution in [1.82, 2.24) is 9.97 Å². The summed E-state index contributed by atoms with van der Waals surface area (Å²) in [6.07, 6.45) is 6.37. The van der Waals surface area contributed by atoms with Crippen molar-refractivity contribution in [2.24, 2.45) is 0 Å². The van der Waals surface area contributed by atoms with Crippen LogP contribution in [0.5, 0.6) is 0 Å². The Kier molecular flexibility index (Phi) is 4.08. The van der Waals surface area contributed by atoms with Crippen LogP contribution in [0.1, 0.15) is 43.9 Å². The lowest BCUT2D eigenvalue weighted by atomic mass is 10.1. The molecular formula is C16H20N2. The molecule has 0 amide bonds. The number of hydrogen-bond acceptors (Lipinski definition) is 2. The number of aryl methyl sites for hydroxylation is 1. The van der Waals surface area contributed by atoms with Crippen molar-refractivity contribution in [1.29, 1.82) is 0 Å². The Bertz CT molecular complexity index is 499. The lowest BCUT2D eigenvalue weighted by molar-refractivity contribution is 0.991. The molecule has 1 aliphatic rings. The van der Waals surface area contributed by atoms with E-state index in [2.05, 4.69) is 41.2 Å². The fourth-order valence-corrected chi connectivity index (χ4v) is 1.88. The lowest BCUT2D eigenvalue weighted by Gasteiger charge is -2.02. The van der Waals surface area contributed by atoms with Crippen LogP contribution in [-0.4, -0.2) is 9.97 Å². The SMILES string of the molecule is CC.Cc1cccc(-c2cnc(C3CC3)cn2)c1. The fraction of sp³-hybridized carbons (Fsp3) is 0.375. The van der Waals surface area contributed by atoms with Gasteiger partial charge in [0, 0.05) is 17.7 Å². The zero-order chi connectivity index (χ0) is 13.0. The summed E-state index contributed by atoms with van der Waals surface area (Å²) in [5.41, 5.74) is 4.52. The van der Waals surface area contributed by atoms with E-state index in [4.69, 9.17) is 0 Å². The number of rotatable bonds is 2. The number of nitrogens with zero attached hydrogens (tertiary/aromatic N) is 2. The highest BCUT2D eigenvalue weighted by Crippen LogP contribution is 2.38. The minimum absolute atomic E-state index is 0.680. The van der Waals surface area contributed by atoms with Gasteiger partial charge >= 0.3 is 0 Å². The summed E-state index contributed by atoms with van der Waals surface area (Å²) in [6, 6.07) is 8.37. The summed E-state index contributed by atoms with van der Waals surface area (Å²) in [5, 5.41) is 0. The van der Waals surface area contributed by atoms with Crippen molar-refractivity contribution in [3.8, 4) is 11.3 Å². The molecule has 0 bridgehead atoms. The molecule has 1 aromatic heterocycles. The van der Waals surface area contributed by atoms with Gasteiger partial charge in [-0.3, -0.25) is 9.97 Å². The molecule has 0 aliphatic heterocycles. The molecule has 0 atom stereocenters. The van der Waals surface area contributed by atoms with Gasteiger partial charge in [0.05, 0.1) is 17.6 Å². The molecular weight excluding hydrogens is 220 g/mol. The van der Waals surface area contributed by atoms with E-state index in [1.807, 2.05) is 26.2 Å². The second kappa shape index (κ2) is 5.76. The van der Waals surface area contributed by atoms with E-state index >= 15 is 0 Å². The number of hydrogen-bond donors (Lipinski definition) is 0. The zero-order valence-corrected chi connectivity index (χ0v) is 11.4. The van der Waals surface area contributed by atoms with Gasteiger partial charge in [-0.05, 0) is 25.8 Å². The van der Waals surface area contributed by atoms with Gasteiger partial charge in [0.2, 0.25) is 0 Å². The zero-order valence-electron chi connectivity index (χ0n) is 11.4. The number of aromatic nitrogens is 2. The van der Waals surface area contributed by atoms with E-state index < -0.39 is 0 Å². The molecule has 2 aromatic rings. The average Bonchev–Trinajstić information content (AvgIpc) is 3.26. The van der Waals surface area contributed by atoms with Crippen molar-refractivity contribution < 1.29 is 0 Å². The van der Waals surface area contributed by atoms with Gasteiger partial charge in [0.15, 0.2) is 0 Å². The van der Waals surface area contributed by atoms with Gasteiger partial charge in [-0.2, -0.15) is 0 Å². The first-order valence-corrected chi connectivity index (χ1v) is 6.72. The summed E-state index contributed by atoms with van der Waals surface area (Å²) in [5.74, 6) is 0.680. The number of benzene rings is 1. The molecule has 2 nitrogen and oxygen atoms in total. The van der Waals surface area contributed by atoms with E-state index in [-0.39, 0.29) is 0 Å². The van der Waals surface area contributed by atoms with Crippen LogP contribution in [0.4, 0.5) is 0 Å². The highest BCUT2D eigenvalue weighted by atomic mass is 14.8. The smallest absolute Gasteiger partial charge is 0.0885 e. The minimum atomic E-state index is 0.680. The third-order valence-electron chi connectivity index (χ3n) is 2.98. The maximum Gasteiger partial charge on any atom is 0.0885 e. The first-order valence-electron chi connectivity index (χ1n) is 6.72. The van der Waals surface area contributed by atoms with Crippen LogP contribution < -0.4 is 0 Å². The van der Waals surface area contributed by atoms with Gasteiger partial charge in [0.25, 0.3) is 0 Å². The first kappa shape index (κ1) is 12.7. The van der Waals surface area contributed by atoms with Gasteiger partial charge < -0.3 is 0 Å². The Morgan fingerprint density at radius 3 is 2.39 bits per heavy atom. The summed E-state index contributed by atoms with van der Waals surface area (Å²) in [7, 11) is 0. The molecule has 0 spiro atoms. The van der Waals surface area contributed by atoms with E-state index in [0.29, 0.717) is 5.92 Å². The van der Waals surface area contributed by atoms with Gasteiger partial charge in [-0.15, -0.1) is 0 Å². The first-order chi connectivity index (χ1) is 8.83. The lowest BCUT2D eigenvalue weighted by Crippen LogP contribution is -1.91. The largest absolute Gasteiger partial charge is 0.257 e. The third kappa shape index (κ3) is 2.95. The van der Waals surface area contributed by atoms with Gasteiger partial charge in [-0.25, -0.2) is 0 Å². The Morgan fingerprint density at radius 1 is 1.06 bits per heavy atom. The van der Waals surface area contributed by atoms with Crippen molar-refractivity contribution in [3.63, 3.8) is 0 Å². The molecule has 0 radical (unpaired) electrons. The second-order valence-corrected chi connectivity index (χ2v) is 4.47. The van der Waals surface area contributed by atoms with Crippen LogP contribution in [0, 0.1) is 6.92 Å². The molecule has 18 heavy (non-hydrogen) atoms. The topological polar surface area (TPSA) is 25.8 Å². The molecule has 0 unspecified atom stereocenters. The van der Waals surface area contributed by atoms with Crippen LogP contribution in [0.3, 0.4) is 0 Å². The molecule has 0 saturated heterocycles. The van der Waals surface area contributed by atoms with Gasteiger partial charge in [0.1, 0.15) is 0 Å². The van der Waals surface area contributed by atoms with Crippen LogP contribution >= 0.6 is 0 Å². The van der Waals surface area contributed by atoms with Crippen molar-refractivity contribution in [3.05, 3.63) is 47.9 Å². The van der Waals surface area contributed by atoms with E-state index in [1.165, 1.54) is 18.4 Å². The van der Waals surface area contributed by atoms with E-state index in [9.17, 15) is 0 Å². The highest BCUT2D eigenvalue weighted by molar-refractivity contribution is 5.58. The van der Waals surface area contributed by atoms with Crippen molar-refractivity contribution >= 4 is 0 Å². The Hall–Kier alpha value is -1.70. The van der Waals surface area contributed by atoms with Crippen LogP contribution in [0.15, 0.2) is 36.7 Å².